The molecule has 1 aliphatic rings. The highest BCUT2D eigenvalue weighted by Crippen LogP contribution is 2.38. The third-order valence-electron chi connectivity index (χ3n) is 2.40. The third-order valence-corrected chi connectivity index (χ3v) is 3.39. The second-order valence-electron chi connectivity index (χ2n) is 3.13. The van der Waals surface area contributed by atoms with Gasteiger partial charge in [-0.2, -0.15) is 0 Å². The van der Waals surface area contributed by atoms with Crippen molar-refractivity contribution in [2.24, 2.45) is 0 Å². The molecule has 0 radical (unpaired) electrons. The third kappa shape index (κ3) is 1.06. The molecule has 11 heavy (non-hydrogen) atoms. The van der Waals surface area contributed by atoms with Crippen LogP contribution in [0.2, 0.25) is 0 Å². The largest absolute Gasteiger partial charge is 0.499 e. The smallest absolute Gasteiger partial charge is 0.174 e. The lowest BCUT2D eigenvalue weighted by molar-refractivity contribution is 0.479. The molecule has 2 heteroatoms. The zero-order valence-electron chi connectivity index (χ0n) is 6.68. The molecule has 0 aliphatic heterocycles. The highest BCUT2D eigenvalue weighted by molar-refractivity contribution is 7.14. The minimum Gasteiger partial charge on any atom is -0.499 e. The van der Waals surface area contributed by atoms with Crippen LogP contribution < -0.4 is 0 Å². The van der Waals surface area contributed by atoms with Gasteiger partial charge in [-0.15, -0.1) is 11.3 Å². The second-order valence-corrected chi connectivity index (χ2v) is 4.33. The topological polar surface area (TPSA) is 20.2 Å². The maximum atomic E-state index is 9.50. The molecular formula is C9H12OS. The van der Waals surface area contributed by atoms with Gasteiger partial charge in [0, 0.05) is 10.4 Å². The number of rotatable bonds is 0. The van der Waals surface area contributed by atoms with Crippen LogP contribution in [-0.2, 0) is 12.8 Å². The normalized spacial score (nSPS) is 16.5. The molecule has 1 heterocycles. The van der Waals surface area contributed by atoms with Gasteiger partial charge >= 0.3 is 0 Å². The van der Waals surface area contributed by atoms with Crippen molar-refractivity contribution >= 4 is 11.3 Å². The molecule has 0 amide bonds. The van der Waals surface area contributed by atoms with Crippen LogP contribution in [0.25, 0.3) is 0 Å². The Morgan fingerprint density at radius 1 is 1.18 bits per heavy atom. The van der Waals surface area contributed by atoms with Gasteiger partial charge in [0.15, 0.2) is 5.06 Å². The predicted octanol–water partition coefficient (Wildman–Crippen LogP) is 2.64. The number of fused-ring (bicyclic) bond motifs is 1. The van der Waals surface area contributed by atoms with Crippen LogP contribution in [0, 0.1) is 6.92 Å². The second kappa shape index (κ2) is 2.52. The van der Waals surface area contributed by atoms with E-state index in [0.717, 1.165) is 6.42 Å². The summed E-state index contributed by atoms with van der Waals surface area (Å²) in [5.74, 6) is 0. The van der Waals surface area contributed by atoms with Crippen molar-refractivity contribution in [2.75, 3.05) is 0 Å². The van der Waals surface area contributed by atoms with E-state index in [-0.39, 0.29) is 0 Å². The average molecular weight is 168 g/mol. The minimum atomic E-state index is 0.567. The Bertz CT molecular complexity index is 249. The van der Waals surface area contributed by atoms with Gasteiger partial charge < -0.3 is 5.11 Å². The van der Waals surface area contributed by atoms with Crippen LogP contribution in [0.15, 0.2) is 0 Å². The van der Waals surface area contributed by atoms with E-state index in [0.29, 0.717) is 5.06 Å². The summed E-state index contributed by atoms with van der Waals surface area (Å²) in [6, 6.07) is 0. The van der Waals surface area contributed by atoms with Crippen molar-refractivity contribution in [3.63, 3.8) is 0 Å². The molecule has 2 rings (SSSR count). The van der Waals surface area contributed by atoms with Crippen LogP contribution in [0.1, 0.15) is 28.8 Å². The number of thiophene rings is 1. The molecule has 0 saturated heterocycles. The van der Waals surface area contributed by atoms with Gasteiger partial charge in [-0.1, -0.05) is 0 Å². The summed E-state index contributed by atoms with van der Waals surface area (Å²) in [6.07, 6.45) is 4.81. The molecule has 0 bridgehead atoms. The van der Waals surface area contributed by atoms with E-state index in [4.69, 9.17) is 0 Å². The lowest BCUT2D eigenvalue weighted by atomic mass is 9.94. The molecule has 1 aliphatic carbocycles. The molecule has 0 aromatic carbocycles. The van der Waals surface area contributed by atoms with E-state index in [1.807, 2.05) is 0 Å². The molecular weight excluding hydrogens is 156 g/mol. The van der Waals surface area contributed by atoms with Crippen molar-refractivity contribution in [2.45, 2.75) is 32.6 Å². The number of hydrogen-bond donors (Lipinski definition) is 1. The van der Waals surface area contributed by atoms with Crippen LogP contribution in [-0.4, -0.2) is 5.11 Å². The first kappa shape index (κ1) is 7.17. The Balaban J connectivity index is 2.52. The lowest BCUT2D eigenvalue weighted by Crippen LogP contribution is -1.99. The maximum absolute atomic E-state index is 9.50. The molecule has 1 N–H and O–H groups in total. The van der Waals surface area contributed by atoms with Crippen molar-refractivity contribution in [1.29, 1.82) is 0 Å². The van der Waals surface area contributed by atoms with Gasteiger partial charge in [0.2, 0.25) is 0 Å². The van der Waals surface area contributed by atoms with Crippen LogP contribution >= 0.6 is 11.3 Å². The van der Waals surface area contributed by atoms with Crippen molar-refractivity contribution in [3.8, 4) is 5.06 Å². The Kier molecular flexibility index (Phi) is 1.64. The Morgan fingerprint density at radius 2 is 1.82 bits per heavy atom. The van der Waals surface area contributed by atoms with Gasteiger partial charge in [-0.3, -0.25) is 0 Å². The van der Waals surface area contributed by atoms with Crippen molar-refractivity contribution in [3.05, 3.63) is 16.0 Å². The minimum absolute atomic E-state index is 0.567. The SMILES string of the molecule is Cc1sc(O)c2c1CCCC2. The molecule has 1 aromatic heterocycles. The predicted molar refractivity (Wildman–Crippen MR) is 47.4 cm³/mol. The van der Waals surface area contributed by atoms with Gasteiger partial charge in [0.25, 0.3) is 0 Å². The quantitative estimate of drug-likeness (QED) is 0.631. The number of hydrogen-bond acceptors (Lipinski definition) is 2. The van der Waals surface area contributed by atoms with Gasteiger partial charge in [0.1, 0.15) is 0 Å². The molecule has 0 spiro atoms. The molecule has 0 saturated carbocycles. The Hall–Kier alpha value is -0.500. The van der Waals surface area contributed by atoms with Gasteiger partial charge in [-0.05, 0) is 38.2 Å². The van der Waals surface area contributed by atoms with E-state index in [9.17, 15) is 5.11 Å². The van der Waals surface area contributed by atoms with E-state index < -0.39 is 0 Å². The fourth-order valence-electron chi connectivity index (χ4n) is 1.80. The zero-order valence-corrected chi connectivity index (χ0v) is 7.50. The Labute approximate surface area is 70.7 Å². The number of aryl methyl sites for hydroxylation is 1. The zero-order chi connectivity index (χ0) is 7.84. The average Bonchev–Trinajstić information content (AvgIpc) is 2.30. The number of aromatic hydroxyl groups is 1. The first-order valence-electron chi connectivity index (χ1n) is 4.09. The molecule has 1 nitrogen and oxygen atoms in total. The molecule has 60 valence electrons. The van der Waals surface area contributed by atoms with Gasteiger partial charge in [-0.25, -0.2) is 0 Å². The van der Waals surface area contributed by atoms with Crippen molar-refractivity contribution in [1.82, 2.24) is 0 Å². The standard InChI is InChI=1S/C9H12OS/c1-6-7-4-2-3-5-8(7)9(10)11-6/h10H,2-5H2,1H3. The van der Waals surface area contributed by atoms with Crippen LogP contribution in [0.3, 0.4) is 0 Å². The molecule has 1 aromatic rings. The fourth-order valence-corrected chi connectivity index (χ4v) is 2.79. The van der Waals surface area contributed by atoms with E-state index in [1.165, 1.54) is 35.3 Å². The van der Waals surface area contributed by atoms with E-state index in [2.05, 4.69) is 6.92 Å². The van der Waals surface area contributed by atoms with Crippen LogP contribution in [0.4, 0.5) is 0 Å². The van der Waals surface area contributed by atoms with Crippen LogP contribution in [0.5, 0.6) is 5.06 Å². The highest BCUT2D eigenvalue weighted by Gasteiger charge is 2.17. The highest BCUT2D eigenvalue weighted by atomic mass is 32.1. The summed E-state index contributed by atoms with van der Waals surface area (Å²) in [5, 5.41) is 10.1. The first-order chi connectivity index (χ1) is 5.29. The first-order valence-corrected chi connectivity index (χ1v) is 4.91. The molecule has 0 unspecified atom stereocenters. The molecule has 0 fully saturated rings. The Morgan fingerprint density at radius 3 is 2.45 bits per heavy atom. The lowest BCUT2D eigenvalue weighted by Gasteiger charge is -2.11. The van der Waals surface area contributed by atoms with E-state index in [1.54, 1.807) is 11.3 Å². The maximum Gasteiger partial charge on any atom is 0.174 e. The summed E-state index contributed by atoms with van der Waals surface area (Å²) in [6.45, 7) is 2.11. The summed E-state index contributed by atoms with van der Waals surface area (Å²) in [7, 11) is 0. The monoisotopic (exact) mass is 168 g/mol. The summed E-state index contributed by atoms with van der Waals surface area (Å²) in [4.78, 5) is 1.32. The summed E-state index contributed by atoms with van der Waals surface area (Å²) >= 11 is 1.54. The van der Waals surface area contributed by atoms with Crippen molar-refractivity contribution < 1.29 is 5.11 Å². The summed E-state index contributed by atoms with van der Waals surface area (Å²) < 4.78 is 0. The summed E-state index contributed by atoms with van der Waals surface area (Å²) in [5.41, 5.74) is 2.66. The fraction of sp³-hybridized carbons (Fsp3) is 0.556. The van der Waals surface area contributed by atoms with Gasteiger partial charge in [0.05, 0.1) is 0 Å². The van der Waals surface area contributed by atoms with E-state index >= 15 is 0 Å². The molecule has 0 atom stereocenters.